The average molecular weight is 133 g/mol. The second-order valence-corrected chi connectivity index (χ2v) is 2.01. The predicted octanol–water partition coefficient (Wildman–Crippen LogP) is 0.0218. The van der Waals surface area contributed by atoms with Crippen LogP contribution in [-0.2, 0) is 11.3 Å². The van der Waals surface area contributed by atoms with Crippen LogP contribution in [0.5, 0.6) is 0 Å². The van der Waals surface area contributed by atoms with Crippen molar-refractivity contribution >= 4 is 13.3 Å². The molecule has 2 nitrogen and oxygen atoms in total. The van der Waals surface area contributed by atoms with Gasteiger partial charge in [0.15, 0.2) is 0 Å². The largest absolute Gasteiger partial charge is 0.380 e. The van der Waals surface area contributed by atoms with Crippen molar-refractivity contribution in [1.29, 1.82) is 0 Å². The summed E-state index contributed by atoms with van der Waals surface area (Å²) in [5.41, 5.74) is 1.67. The number of hydrogen-bond acceptors (Lipinski definition) is 2. The van der Waals surface area contributed by atoms with E-state index in [4.69, 9.17) is 12.6 Å². The molecule has 0 aromatic carbocycles. The Morgan fingerprint density at radius 2 is 2.50 bits per heavy atom. The molecular formula is C7H8BNO. The van der Waals surface area contributed by atoms with Crippen molar-refractivity contribution < 1.29 is 4.74 Å². The first-order valence-corrected chi connectivity index (χ1v) is 3.02. The molecule has 10 heavy (non-hydrogen) atoms. The molecule has 0 N–H and O–H groups in total. The predicted molar refractivity (Wildman–Crippen MR) is 40.3 cm³/mol. The molecular weight excluding hydrogens is 125 g/mol. The van der Waals surface area contributed by atoms with Crippen LogP contribution >= 0.6 is 0 Å². The summed E-state index contributed by atoms with van der Waals surface area (Å²) >= 11 is 0. The molecule has 1 aromatic heterocycles. The summed E-state index contributed by atoms with van der Waals surface area (Å²) in [6.07, 6.45) is 3.32. The molecule has 0 aliphatic rings. The van der Waals surface area contributed by atoms with E-state index in [1.54, 1.807) is 19.5 Å². The number of aromatic nitrogens is 1. The van der Waals surface area contributed by atoms with E-state index in [0.717, 1.165) is 5.56 Å². The Morgan fingerprint density at radius 3 is 3.10 bits per heavy atom. The molecule has 0 bridgehead atoms. The maximum absolute atomic E-state index is 5.56. The molecule has 0 saturated heterocycles. The summed E-state index contributed by atoms with van der Waals surface area (Å²) in [6.45, 7) is 0.550. The zero-order chi connectivity index (χ0) is 7.40. The molecule has 50 valence electrons. The first-order chi connectivity index (χ1) is 4.84. The van der Waals surface area contributed by atoms with Crippen molar-refractivity contribution in [3.05, 3.63) is 24.0 Å². The van der Waals surface area contributed by atoms with Gasteiger partial charge >= 0.3 is 0 Å². The number of rotatable bonds is 2. The van der Waals surface area contributed by atoms with E-state index >= 15 is 0 Å². The van der Waals surface area contributed by atoms with E-state index < -0.39 is 0 Å². The summed E-state index contributed by atoms with van der Waals surface area (Å²) in [6, 6.07) is 1.85. The van der Waals surface area contributed by atoms with Crippen LogP contribution in [0.4, 0.5) is 0 Å². The van der Waals surface area contributed by atoms with Crippen molar-refractivity contribution in [2.45, 2.75) is 6.61 Å². The average Bonchev–Trinajstić information content (AvgIpc) is 1.94. The van der Waals surface area contributed by atoms with Crippen LogP contribution in [0.3, 0.4) is 0 Å². The van der Waals surface area contributed by atoms with Gasteiger partial charge in [-0.25, -0.2) is 0 Å². The lowest BCUT2D eigenvalue weighted by atomic mass is 9.93. The minimum Gasteiger partial charge on any atom is -0.380 e. The molecule has 0 saturated carbocycles. The molecule has 1 rings (SSSR count). The highest BCUT2D eigenvalue weighted by Crippen LogP contribution is 1.92. The fraction of sp³-hybridized carbons (Fsp3) is 0.286. The zero-order valence-electron chi connectivity index (χ0n) is 5.87. The number of ether oxygens (including phenoxy) is 1. The molecule has 0 fully saturated rings. The van der Waals surface area contributed by atoms with Crippen molar-refractivity contribution in [2.75, 3.05) is 7.11 Å². The standard InChI is InChI=1S/C7H8BNO/c1-10-5-6-2-3-9-4-7(6)8/h2-4H,5H2,1H3. The minimum absolute atomic E-state index is 0.550. The van der Waals surface area contributed by atoms with Gasteiger partial charge in [-0.3, -0.25) is 4.98 Å². The van der Waals surface area contributed by atoms with Crippen molar-refractivity contribution in [2.24, 2.45) is 0 Å². The fourth-order valence-corrected chi connectivity index (χ4v) is 0.722. The highest BCUT2D eigenvalue weighted by atomic mass is 16.5. The molecule has 0 aliphatic carbocycles. The maximum atomic E-state index is 5.56. The Labute approximate surface area is 61.6 Å². The summed E-state index contributed by atoms with van der Waals surface area (Å²) in [5, 5.41) is 0. The van der Waals surface area contributed by atoms with E-state index in [0.29, 0.717) is 12.1 Å². The number of methoxy groups -OCH3 is 1. The fourth-order valence-electron chi connectivity index (χ4n) is 0.722. The zero-order valence-corrected chi connectivity index (χ0v) is 5.87. The molecule has 0 atom stereocenters. The lowest BCUT2D eigenvalue weighted by Gasteiger charge is -2.01. The van der Waals surface area contributed by atoms with Gasteiger partial charge in [-0.15, -0.1) is 0 Å². The van der Waals surface area contributed by atoms with Crippen molar-refractivity contribution in [3.8, 4) is 0 Å². The number of pyridine rings is 1. The normalized spacial score (nSPS) is 9.70. The van der Waals surface area contributed by atoms with Gasteiger partial charge in [0.2, 0.25) is 0 Å². The number of hydrogen-bond donors (Lipinski definition) is 0. The first-order valence-electron chi connectivity index (χ1n) is 3.02. The van der Waals surface area contributed by atoms with E-state index in [1.165, 1.54) is 0 Å². The van der Waals surface area contributed by atoms with Crippen LogP contribution in [-0.4, -0.2) is 19.9 Å². The second kappa shape index (κ2) is 3.37. The van der Waals surface area contributed by atoms with Gasteiger partial charge in [0.1, 0.15) is 7.85 Å². The first kappa shape index (κ1) is 7.28. The topological polar surface area (TPSA) is 22.1 Å². The summed E-state index contributed by atoms with van der Waals surface area (Å²) in [4.78, 5) is 3.85. The van der Waals surface area contributed by atoms with Crippen LogP contribution in [0.15, 0.2) is 18.5 Å². The minimum atomic E-state index is 0.550. The lowest BCUT2D eigenvalue weighted by Crippen LogP contribution is -2.11. The molecule has 2 radical (unpaired) electrons. The summed E-state index contributed by atoms with van der Waals surface area (Å²) < 4.78 is 4.90. The molecule has 3 heteroatoms. The highest BCUT2D eigenvalue weighted by molar-refractivity contribution is 6.33. The van der Waals surface area contributed by atoms with E-state index in [9.17, 15) is 0 Å². The van der Waals surface area contributed by atoms with Gasteiger partial charge in [0.25, 0.3) is 0 Å². The van der Waals surface area contributed by atoms with Gasteiger partial charge in [0, 0.05) is 19.5 Å². The Hall–Kier alpha value is -0.825. The van der Waals surface area contributed by atoms with Gasteiger partial charge < -0.3 is 4.74 Å². The third-order valence-electron chi connectivity index (χ3n) is 1.25. The molecule has 1 heterocycles. The highest BCUT2D eigenvalue weighted by Gasteiger charge is 1.93. The smallest absolute Gasteiger partial charge is 0.116 e. The van der Waals surface area contributed by atoms with E-state index in [1.807, 2.05) is 6.07 Å². The van der Waals surface area contributed by atoms with Crippen LogP contribution in [0.1, 0.15) is 5.56 Å². The summed E-state index contributed by atoms with van der Waals surface area (Å²) in [7, 11) is 7.20. The molecule has 0 unspecified atom stereocenters. The monoisotopic (exact) mass is 133 g/mol. The van der Waals surface area contributed by atoms with Gasteiger partial charge in [-0.05, 0) is 11.6 Å². The molecule has 0 amide bonds. The molecule has 0 aliphatic heterocycles. The Bertz CT molecular complexity index is 215. The van der Waals surface area contributed by atoms with Crippen LogP contribution in [0, 0.1) is 0 Å². The third-order valence-corrected chi connectivity index (χ3v) is 1.25. The van der Waals surface area contributed by atoms with Gasteiger partial charge in [0.05, 0.1) is 6.61 Å². The lowest BCUT2D eigenvalue weighted by molar-refractivity contribution is 0.185. The van der Waals surface area contributed by atoms with Crippen LogP contribution in [0.2, 0.25) is 0 Å². The Balaban J connectivity index is 2.81. The molecule has 1 aromatic rings. The van der Waals surface area contributed by atoms with Crippen molar-refractivity contribution in [1.82, 2.24) is 4.98 Å². The Kier molecular flexibility index (Phi) is 2.45. The van der Waals surface area contributed by atoms with Crippen molar-refractivity contribution in [3.63, 3.8) is 0 Å². The second-order valence-electron chi connectivity index (χ2n) is 2.01. The quantitative estimate of drug-likeness (QED) is 0.530. The third kappa shape index (κ3) is 1.58. The van der Waals surface area contributed by atoms with E-state index in [-0.39, 0.29) is 0 Å². The van der Waals surface area contributed by atoms with Gasteiger partial charge in [-0.2, -0.15) is 0 Å². The Morgan fingerprint density at radius 1 is 1.70 bits per heavy atom. The maximum Gasteiger partial charge on any atom is 0.116 e. The number of nitrogens with zero attached hydrogens (tertiary/aromatic N) is 1. The summed E-state index contributed by atoms with van der Waals surface area (Å²) in [5.74, 6) is 0. The molecule has 0 spiro atoms. The van der Waals surface area contributed by atoms with Gasteiger partial charge in [-0.1, -0.05) is 5.46 Å². The van der Waals surface area contributed by atoms with Crippen LogP contribution in [0.25, 0.3) is 0 Å². The van der Waals surface area contributed by atoms with Crippen LogP contribution < -0.4 is 5.46 Å². The van der Waals surface area contributed by atoms with E-state index in [2.05, 4.69) is 4.98 Å². The SMILES string of the molecule is [B]c1cnccc1COC.